The minimum Gasteiger partial charge on any atom is -0.619 e. The topological polar surface area (TPSA) is 131 Å². The standard InChI is InChI=1S/C22H20ClN5O5S/c23-19-2-1-16(20(29)13-19)5-12-34(32,33)28-10-8-26(9-11-28)22(30)18-14-24-21(25-15-18)17-3-6-27(31)7-4-17/h1-7,12-15,29H,8-11H2. The molecule has 1 N–H and O–H groups in total. The number of hydrogen-bond acceptors (Lipinski definition) is 7. The summed E-state index contributed by atoms with van der Waals surface area (Å²) in [6, 6.07) is 7.55. The maximum atomic E-state index is 12.8. The second-order valence-corrected chi connectivity index (χ2v) is 9.74. The molecule has 10 nitrogen and oxygen atoms in total. The highest BCUT2D eigenvalue weighted by atomic mass is 35.5. The van der Waals surface area contributed by atoms with Gasteiger partial charge in [-0.1, -0.05) is 11.6 Å². The van der Waals surface area contributed by atoms with Gasteiger partial charge in [0.15, 0.2) is 18.2 Å². The molecule has 34 heavy (non-hydrogen) atoms. The van der Waals surface area contributed by atoms with Crippen LogP contribution in [-0.4, -0.2) is 64.8 Å². The normalized spacial score (nSPS) is 15.0. The van der Waals surface area contributed by atoms with Crippen LogP contribution in [0.5, 0.6) is 5.75 Å². The first-order valence-corrected chi connectivity index (χ1v) is 12.1. The molecule has 1 aromatic carbocycles. The quantitative estimate of drug-likeness (QED) is 0.417. The average molecular weight is 502 g/mol. The van der Waals surface area contributed by atoms with Crippen molar-refractivity contribution in [1.29, 1.82) is 0 Å². The molecule has 3 aromatic rings. The summed E-state index contributed by atoms with van der Waals surface area (Å²) in [5, 5.41) is 22.4. The summed E-state index contributed by atoms with van der Waals surface area (Å²) in [4.78, 5) is 22.7. The maximum Gasteiger partial charge on any atom is 0.257 e. The number of amides is 1. The van der Waals surface area contributed by atoms with Gasteiger partial charge in [0, 0.05) is 72.3 Å². The van der Waals surface area contributed by atoms with Gasteiger partial charge in [-0.25, -0.2) is 18.4 Å². The van der Waals surface area contributed by atoms with Gasteiger partial charge in [-0.2, -0.15) is 9.04 Å². The third-order valence-electron chi connectivity index (χ3n) is 5.26. The fourth-order valence-electron chi connectivity index (χ4n) is 3.38. The summed E-state index contributed by atoms with van der Waals surface area (Å²) in [6.45, 7) is 0.677. The molecule has 0 atom stereocenters. The molecule has 176 valence electrons. The number of hydrogen-bond donors (Lipinski definition) is 1. The summed E-state index contributed by atoms with van der Waals surface area (Å²) >= 11 is 5.79. The Balaban J connectivity index is 1.37. The van der Waals surface area contributed by atoms with E-state index in [-0.39, 0.29) is 43.4 Å². The van der Waals surface area contributed by atoms with Crippen LogP contribution in [0.3, 0.4) is 0 Å². The Bertz CT molecular complexity index is 1320. The van der Waals surface area contributed by atoms with Crippen molar-refractivity contribution in [3.05, 3.63) is 81.9 Å². The van der Waals surface area contributed by atoms with Crippen LogP contribution in [0.15, 0.2) is 60.5 Å². The van der Waals surface area contributed by atoms with Gasteiger partial charge < -0.3 is 15.2 Å². The highest BCUT2D eigenvalue weighted by Gasteiger charge is 2.28. The van der Waals surface area contributed by atoms with Gasteiger partial charge in [-0.05, 0) is 24.3 Å². The van der Waals surface area contributed by atoms with Crippen molar-refractivity contribution >= 4 is 33.6 Å². The largest absolute Gasteiger partial charge is 0.619 e. The van der Waals surface area contributed by atoms with E-state index in [2.05, 4.69) is 9.97 Å². The lowest BCUT2D eigenvalue weighted by molar-refractivity contribution is -0.605. The number of aromatic nitrogens is 3. The molecule has 12 heteroatoms. The second kappa shape index (κ2) is 9.75. The molecule has 3 heterocycles. The predicted octanol–water partition coefficient (Wildman–Crippen LogP) is 1.89. The second-order valence-electron chi connectivity index (χ2n) is 7.48. The van der Waals surface area contributed by atoms with Gasteiger partial charge in [0.25, 0.3) is 5.91 Å². The number of pyridine rings is 1. The van der Waals surface area contributed by atoms with E-state index in [4.69, 9.17) is 11.6 Å². The van der Waals surface area contributed by atoms with E-state index >= 15 is 0 Å². The number of carbonyl (C=O) groups is 1. The zero-order valence-electron chi connectivity index (χ0n) is 17.8. The fraction of sp³-hybridized carbons (Fsp3) is 0.182. The summed E-state index contributed by atoms with van der Waals surface area (Å²) in [5.41, 5.74) is 1.26. The Kier molecular flexibility index (Phi) is 6.77. The van der Waals surface area contributed by atoms with E-state index < -0.39 is 10.0 Å². The lowest BCUT2D eigenvalue weighted by atomic mass is 10.2. The van der Waals surface area contributed by atoms with Gasteiger partial charge >= 0.3 is 0 Å². The molecule has 1 amide bonds. The number of carbonyl (C=O) groups excluding carboxylic acids is 1. The number of sulfonamides is 1. The van der Waals surface area contributed by atoms with Crippen LogP contribution in [0, 0.1) is 5.21 Å². The molecule has 0 aliphatic carbocycles. The van der Waals surface area contributed by atoms with Crippen molar-refractivity contribution in [1.82, 2.24) is 19.2 Å². The zero-order valence-corrected chi connectivity index (χ0v) is 19.4. The first-order valence-electron chi connectivity index (χ1n) is 10.2. The minimum atomic E-state index is -3.74. The molecule has 1 aliphatic rings. The summed E-state index contributed by atoms with van der Waals surface area (Å²) in [5.74, 6) is -0.0359. The Labute approximate surface area is 201 Å². The van der Waals surface area contributed by atoms with Crippen LogP contribution in [0.25, 0.3) is 17.5 Å². The summed E-state index contributed by atoms with van der Waals surface area (Å²) < 4.78 is 27.3. The predicted molar refractivity (Wildman–Crippen MR) is 125 cm³/mol. The number of benzene rings is 1. The van der Waals surface area contributed by atoms with Crippen molar-refractivity contribution in [3.63, 3.8) is 0 Å². The number of rotatable bonds is 5. The third kappa shape index (κ3) is 5.33. The van der Waals surface area contributed by atoms with Gasteiger partial charge in [0.2, 0.25) is 10.0 Å². The van der Waals surface area contributed by atoms with Gasteiger partial charge in [0.05, 0.1) is 5.56 Å². The lowest BCUT2D eigenvalue weighted by Gasteiger charge is -2.33. The lowest BCUT2D eigenvalue weighted by Crippen LogP contribution is -2.50. The van der Waals surface area contributed by atoms with Gasteiger partial charge in [-0.15, -0.1) is 0 Å². The molecule has 1 saturated heterocycles. The molecular formula is C22H20ClN5O5S. The monoisotopic (exact) mass is 501 g/mol. The molecule has 4 rings (SSSR count). The Hall–Kier alpha value is -3.54. The van der Waals surface area contributed by atoms with Crippen molar-refractivity contribution < 1.29 is 23.0 Å². The number of piperazine rings is 1. The molecule has 2 aromatic heterocycles. The number of halogens is 1. The maximum absolute atomic E-state index is 12.8. The van der Waals surface area contributed by atoms with Crippen LogP contribution < -0.4 is 4.73 Å². The van der Waals surface area contributed by atoms with Crippen LogP contribution in [0.2, 0.25) is 5.02 Å². The van der Waals surface area contributed by atoms with E-state index in [9.17, 15) is 23.5 Å². The van der Waals surface area contributed by atoms with E-state index in [0.29, 0.717) is 26.7 Å². The number of nitrogens with zero attached hydrogens (tertiary/aromatic N) is 5. The van der Waals surface area contributed by atoms with Crippen LogP contribution in [0.1, 0.15) is 15.9 Å². The highest BCUT2D eigenvalue weighted by molar-refractivity contribution is 7.92. The van der Waals surface area contributed by atoms with E-state index in [1.165, 1.54) is 47.3 Å². The Morgan fingerprint density at radius 2 is 1.74 bits per heavy atom. The summed E-state index contributed by atoms with van der Waals surface area (Å²) in [7, 11) is -3.74. The molecule has 0 unspecified atom stereocenters. The molecule has 0 spiro atoms. The first-order chi connectivity index (χ1) is 16.2. The van der Waals surface area contributed by atoms with Crippen molar-refractivity contribution in [3.8, 4) is 17.1 Å². The number of phenolic OH excluding ortho intramolecular Hbond substituents is 1. The molecule has 0 bridgehead atoms. The number of aromatic hydroxyl groups is 1. The van der Waals surface area contributed by atoms with Gasteiger partial charge in [0.1, 0.15) is 5.75 Å². The molecule has 1 aliphatic heterocycles. The van der Waals surface area contributed by atoms with Crippen molar-refractivity contribution in [2.24, 2.45) is 0 Å². The third-order valence-corrected chi connectivity index (χ3v) is 7.06. The Morgan fingerprint density at radius 3 is 2.35 bits per heavy atom. The molecule has 1 fully saturated rings. The fourth-order valence-corrected chi connectivity index (χ4v) is 4.71. The van der Waals surface area contributed by atoms with Crippen LogP contribution in [-0.2, 0) is 10.0 Å². The van der Waals surface area contributed by atoms with Crippen LogP contribution in [0.4, 0.5) is 0 Å². The first kappa shape index (κ1) is 23.6. The van der Waals surface area contributed by atoms with Crippen molar-refractivity contribution in [2.45, 2.75) is 0 Å². The Morgan fingerprint density at radius 1 is 1.09 bits per heavy atom. The molecular weight excluding hydrogens is 482 g/mol. The highest BCUT2D eigenvalue weighted by Crippen LogP contribution is 2.24. The number of phenols is 1. The zero-order chi connectivity index (χ0) is 24.3. The van der Waals surface area contributed by atoms with Gasteiger partial charge in [-0.3, -0.25) is 4.79 Å². The summed E-state index contributed by atoms with van der Waals surface area (Å²) in [6.07, 6.45) is 6.79. The van der Waals surface area contributed by atoms with E-state index in [1.54, 1.807) is 23.1 Å². The van der Waals surface area contributed by atoms with Crippen LogP contribution >= 0.6 is 11.6 Å². The van der Waals surface area contributed by atoms with E-state index in [1.807, 2.05) is 0 Å². The minimum absolute atomic E-state index is 0.121. The van der Waals surface area contributed by atoms with E-state index in [0.717, 1.165) is 5.41 Å². The molecule has 0 saturated carbocycles. The molecule has 0 radical (unpaired) electrons. The average Bonchev–Trinajstić information content (AvgIpc) is 2.84. The smallest absolute Gasteiger partial charge is 0.257 e. The SMILES string of the molecule is O=C(c1cnc(-c2cc[n+]([O-])cc2)nc1)N1CCN(S(=O)(=O)C=Cc2ccc(Cl)cc2O)CC1. The van der Waals surface area contributed by atoms with Crippen molar-refractivity contribution in [2.75, 3.05) is 26.2 Å².